The fourth-order valence-corrected chi connectivity index (χ4v) is 2.33. The second-order valence-electron chi connectivity index (χ2n) is 3.44. The molecule has 7 heteroatoms. The smallest absolute Gasteiger partial charge is 0.228 e. The highest BCUT2D eigenvalue weighted by molar-refractivity contribution is 8.00. The number of halogens is 2. The number of thioether (sulfide) groups is 1. The number of nitrogens with one attached hydrogen (secondary N) is 1. The van der Waals surface area contributed by atoms with Crippen LogP contribution in [0.3, 0.4) is 0 Å². The zero-order chi connectivity index (χ0) is 10.9. The van der Waals surface area contributed by atoms with Crippen molar-refractivity contribution in [1.82, 2.24) is 15.0 Å². The monoisotopic (exact) mass is 264 g/mol. The van der Waals surface area contributed by atoms with Gasteiger partial charge >= 0.3 is 0 Å². The summed E-state index contributed by atoms with van der Waals surface area (Å²) in [6.07, 6.45) is 4.57. The van der Waals surface area contributed by atoms with Crippen LogP contribution >= 0.6 is 35.0 Å². The van der Waals surface area contributed by atoms with E-state index in [0.717, 1.165) is 6.54 Å². The molecule has 1 heterocycles. The van der Waals surface area contributed by atoms with Crippen molar-refractivity contribution in [2.24, 2.45) is 0 Å². The van der Waals surface area contributed by atoms with Crippen LogP contribution in [0.1, 0.15) is 12.8 Å². The standard InChI is InChI=1S/C8H10Cl2N4S/c1-15-8(2-3-8)4-11-7-13-5(9)12-6(10)14-7/h2-4H2,1H3,(H,11,12,13,14). The third kappa shape index (κ3) is 2.86. The average Bonchev–Trinajstić information content (AvgIpc) is 2.94. The molecule has 1 fully saturated rings. The summed E-state index contributed by atoms with van der Waals surface area (Å²) in [6.45, 7) is 0.838. The molecule has 82 valence electrons. The molecule has 0 saturated heterocycles. The van der Waals surface area contributed by atoms with Gasteiger partial charge in [-0.05, 0) is 42.3 Å². The molecule has 1 aliphatic rings. The lowest BCUT2D eigenvalue weighted by molar-refractivity contribution is 0.916. The van der Waals surface area contributed by atoms with E-state index in [1.54, 1.807) is 0 Å². The molecule has 1 saturated carbocycles. The molecule has 0 amide bonds. The number of hydrogen-bond donors (Lipinski definition) is 1. The molecule has 4 nitrogen and oxygen atoms in total. The zero-order valence-corrected chi connectivity index (χ0v) is 10.5. The number of nitrogens with zero attached hydrogens (tertiary/aromatic N) is 3. The Morgan fingerprint density at radius 3 is 2.33 bits per heavy atom. The Kier molecular flexibility index (Phi) is 3.23. The second kappa shape index (κ2) is 4.31. The van der Waals surface area contributed by atoms with Crippen molar-refractivity contribution in [3.63, 3.8) is 0 Å². The Balaban J connectivity index is 1.99. The second-order valence-corrected chi connectivity index (χ2v) is 5.39. The van der Waals surface area contributed by atoms with E-state index in [1.165, 1.54) is 12.8 Å². The zero-order valence-electron chi connectivity index (χ0n) is 8.13. The molecule has 2 rings (SSSR count). The molecule has 0 radical (unpaired) electrons. The Bertz CT molecular complexity index is 349. The van der Waals surface area contributed by atoms with E-state index >= 15 is 0 Å². The van der Waals surface area contributed by atoms with Gasteiger partial charge in [0.05, 0.1) is 0 Å². The van der Waals surface area contributed by atoms with Crippen LogP contribution in [0.25, 0.3) is 0 Å². The number of aromatic nitrogens is 3. The normalized spacial score (nSPS) is 17.5. The van der Waals surface area contributed by atoms with Crippen molar-refractivity contribution in [2.75, 3.05) is 18.1 Å². The van der Waals surface area contributed by atoms with E-state index in [0.29, 0.717) is 10.7 Å². The molecule has 1 aromatic rings. The molecule has 1 N–H and O–H groups in total. The number of anilines is 1. The van der Waals surface area contributed by atoms with Gasteiger partial charge in [0.1, 0.15) is 0 Å². The summed E-state index contributed by atoms with van der Waals surface area (Å²) in [5.41, 5.74) is 0. The van der Waals surface area contributed by atoms with Crippen LogP contribution in [0.5, 0.6) is 0 Å². The molecule has 0 spiro atoms. The molecule has 15 heavy (non-hydrogen) atoms. The molecular weight excluding hydrogens is 255 g/mol. The van der Waals surface area contributed by atoms with E-state index in [4.69, 9.17) is 23.2 Å². The summed E-state index contributed by atoms with van der Waals surface area (Å²) < 4.78 is 0.353. The van der Waals surface area contributed by atoms with E-state index in [1.807, 2.05) is 11.8 Å². The predicted octanol–water partition coefficient (Wildman–Crippen LogP) is 2.49. The minimum Gasteiger partial charge on any atom is -0.353 e. The Labute approximate surface area is 102 Å². The van der Waals surface area contributed by atoms with Crippen LogP contribution in [-0.2, 0) is 0 Å². The molecule has 0 atom stereocenters. The molecule has 0 bridgehead atoms. The number of hydrogen-bond acceptors (Lipinski definition) is 5. The van der Waals surface area contributed by atoms with Crippen LogP contribution in [0, 0.1) is 0 Å². The van der Waals surface area contributed by atoms with Gasteiger partial charge in [-0.1, -0.05) is 0 Å². The van der Waals surface area contributed by atoms with Crippen molar-refractivity contribution in [3.05, 3.63) is 10.6 Å². The fourth-order valence-electron chi connectivity index (χ4n) is 1.24. The summed E-state index contributed by atoms with van der Waals surface area (Å²) in [7, 11) is 0. The van der Waals surface area contributed by atoms with Gasteiger partial charge in [-0.2, -0.15) is 26.7 Å². The van der Waals surface area contributed by atoms with Crippen LogP contribution in [0.2, 0.25) is 10.6 Å². The van der Waals surface area contributed by atoms with Gasteiger partial charge in [0.25, 0.3) is 0 Å². The lowest BCUT2D eigenvalue weighted by Gasteiger charge is -2.12. The first kappa shape index (κ1) is 11.2. The minimum absolute atomic E-state index is 0.117. The van der Waals surface area contributed by atoms with Gasteiger partial charge in [0.2, 0.25) is 16.5 Å². The van der Waals surface area contributed by atoms with Crippen LogP contribution in [0.15, 0.2) is 0 Å². The maximum atomic E-state index is 5.66. The van der Waals surface area contributed by atoms with Gasteiger partial charge in [-0.3, -0.25) is 0 Å². The third-order valence-electron chi connectivity index (χ3n) is 2.39. The topological polar surface area (TPSA) is 50.7 Å². The van der Waals surface area contributed by atoms with Gasteiger partial charge < -0.3 is 5.32 Å². The SMILES string of the molecule is CSC1(CNc2nc(Cl)nc(Cl)n2)CC1. The fraction of sp³-hybridized carbons (Fsp3) is 0.625. The van der Waals surface area contributed by atoms with E-state index in [-0.39, 0.29) is 10.6 Å². The molecule has 0 unspecified atom stereocenters. The highest BCUT2D eigenvalue weighted by Crippen LogP contribution is 2.46. The molecule has 0 aromatic carbocycles. The third-order valence-corrected chi connectivity index (χ3v) is 4.15. The summed E-state index contributed by atoms with van der Waals surface area (Å²) >= 11 is 13.2. The molecule has 0 aliphatic heterocycles. The maximum Gasteiger partial charge on any atom is 0.228 e. The van der Waals surface area contributed by atoms with Crippen LogP contribution in [-0.4, -0.2) is 32.5 Å². The first-order valence-corrected chi connectivity index (χ1v) is 6.48. The summed E-state index contributed by atoms with van der Waals surface area (Å²) in [5.74, 6) is 0.445. The first-order valence-electron chi connectivity index (χ1n) is 4.50. The predicted molar refractivity (Wildman–Crippen MR) is 63.8 cm³/mol. The number of rotatable bonds is 4. The van der Waals surface area contributed by atoms with Crippen LogP contribution in [0.4, 0.5) is 5.95 Å². The van der Waals surface area contributed by atoms with Crippen molar-refractivity contribution < 1.29 is 0 Å². The van der Waals surface area contributed by atoms with Crippen molar-refractivity contribution >= 4 is 40.9 Å². The Morgan fingerprint density at radius 2 is 1.87 bits per heavy atom. The summed E-state index contributed by atoms with van der Waals surface area (Å²) in [4.78, 5) is 11.6. The van der Waals surface area contributed by atoms with E-state index in [2.05, 4.69) is 26.5 Å². The van der Waals surface area contributed by atoms with Gasteiger partial charge in [-0.15, -0.1) is 0 Å². The first-order chi connectivity index (χ1) is 7.13. The summed E-state index contributed by atoms with van der Waals surface area (Å²) in [5, 5.41) is 3.36. The minimum atomic E-state index is 0.117. The largest absolute Gasteiger partial charge is 0.353 e. The van der Waals surface area contributed by atoms with Crippen molar-refractivity contribution in [3.8, 4) is 0 Å². The molecule has 1 aromatic heterocycles. The summed E-state index contributed by atoms with van der Waals surface area (Å²) in [6, 6.07) is 0. The van der Waals surface area contributed by atoms with Crippen molar-refractivity contribution in [2.45, 2.75) is 17.6 Å². The van der Waals surface area contributed by atoms with E-state index < -0.39 is 0 Å². The van der Waals surface area contributed by atoms with Gasteiger partial charge in [0, 0.05) is 11.3 Å². The molecule has 1 aliphatic carbocycles. The molecular formula is C8H10Cl2N4S. The van der Waals surface area contributed by atoms with Gasteiger partial charge in [-0.25, -0.2) is 0 Å². The lowest BCUT2D eigenvalue weighted by atomic mass is 10.4. The Morgan fingerprint density at radius 1 is 1.27 bits per heavy atom. The van der Waals surface area contributed by atoms with Gasteiger partial charge in [0.15, 0.2) is 0 Å². The maximum absolute atomic E-state index is 5.66. The lowest BCUT2D eigenvalue weighted by Crippen LogP contribution is -2.19. The highest BCUT2D eigenvalue weighted by atomic mass is 35.5. The van der Waals surface area contributed by atoms with Crippen molar-refractivity contribution in [1.29, 1.82) is 0 Å². The quantitative estimate of drug-likeness (QED) is 0.906. The highest BCUT2D eigenvalue weighted by Gasteiger charge is 2.41. The average molecular weight is 265 g/mol. The van der Waals surface area contributed by atoms with E-state index in [9.17, 15) is 0 Å². The van der Waals surface area contributed by atoms with Crippen LogP contribution < -0.4 is 5.32 Å². The Hall–Kier alpha value is -0.260.